The fraction of sp³-hybridized carbons (Fsp3) is 0.231. The van der Waals surface area contributed by atoms with Gasteiger partial charge in [0.1, 0.15) is 33.9 Å². The molecule has 0 spiro atoms. The Morgan fingerprint density at radius 1 is 0.368 bits per heavy atom. The van der Waals surface area contributed by atoms with Gasteiger partial charge in [0, 0.05) is 71.9 Å². The van der Waals surface area contributed by atoms with Gasteiger partial charge in [-0.15, -0.1) is 0 Å². The SMILES string of the molecule is O.[C-]#[N+]c1ccc(N2C(=O)C(C)(C)N(CCCOc3ccc(-c4ccncc4)cc3Cl)C2=S)cc1Cl.[C-]#[N+]c1ccc(N2C(=O)N(CCCOc3ccc(-c4ccncc4)cc3Cl)C(C)(C)C2=O)cc1Cl.[C-]#[N+]c1ccc(N2C(=O)N(CCCOc3ccc(-c4ccncc4)cc3Cl)C(C)(C)C2=O)cc1Cl. The van der Waals surface area contributed by atoms with E-state index in [0.29, 0.717) is 119 Å². The Morgan fingerprint density at radius 3 is 0.925 bits per heavy atom. The van der Waals surface area contributed by atoms with Crippen molar-refractivity contribution in [2.24, 2.45) is 0 Å². The van der Waals surface area contributed by atoms with Gasteiger partial charge in [-0.2, -0.15) is 0 Å². The molecule has 0 bridgehead atoms. The number of hydrogen-bond acceptors (Lipinski definition) is 12. The van der Waals surface area contributed by atoms with Gasteiger partial charge in [0.25, 0.3) is 17.7 Å². The fourth-order valence-corrected chi connectivity index (χ4v) is 13.6. The molecule has 0 atom stereocenters. The summed E-state index contributed by atoms with van der Waals surface area (Å²) in [6, 6.07) is 41.3. The predicted octanol–water partition coefficient (Wildman–Crippen LogP) is 19.2. The molecule has 3 fully saturated rings. The highest BCUT2D eigenvalue weighted by atomic mass is 35.5. The predicted molar refractivity (Wildman–Crippen MR) is 419 cm³/mol. The van der Waals surface area contributed by atoms with Crippen molar-refractivity contribution in [1.82, 2.24) is 29.7 Å². The molecule has 542 valence electrons. The van der Waals surface area contributed by atoms with Crippen LogP contribution in [0.2, 0.25) is 30.1 Å². The number of ether oxygens (including phenoxy) is 3. The first kappa shape index (κ1) is 79.7. The minimum atomic E-state index is -1.04. The first-order valence-electron chi connectivity index (χ1n) is 32.7. The molecule has 9 aromatic rings. The van der Waals surface area contributed by atoms with Crippen molar-refractivity contribution in [2.75, 3.05) is 54.2 Å². The third-order valence-corrected chi connectivity index (χ3v) is 19.8. The number of amides is 7. The van der Waals surface area contributed by atoms with E-state index in [1.807, 2.05) is 110 Å². The average Bonchev–Trinajstić information content (AvgIpc) is 1.61. The number of urea groups is 2. The minimum absolute atomic E-state index is 0. The average molecular weight is 1560 g/mol. The minimum Gasteiger partial charge on any atom is -0.492 e. The highest BCUT2D eigenvalue weighted by Crippen LogP contribution is 2.41. The maximum atomic E-state index is 13.2. The summed E-state index contributed by atoms with van der Waals surface area (Å²) in [6.07, 6.45) is 12.0. The Balaban J connectivity index is 0.000000183. The Kier molecular flexibility index (Phi) is 26.1. The van der Waals surface area contributed by atoms with Crippen LogP contribution in [0, 0.1) is 19.7 Å². The highest BCUT2D eigenvalue weighted by molar-refractivity contribution is 7.80. The molecule has 6 heterocycles. The molecule has 3 aromatic heterocycles. The van der Waals surface area contributed by atoms with Crippen LogP contribution in [-0.2, 0) is 14.4 Å². The molecule has 3 aliphatic heterocycles. The van der Waals surface area contributed by atoms with E-state index in [1.165, 1.54) is 39.0 Å². The zero-order chi connectivity index (χ0) is 75.5. The maximum Gasteiger partial charge on any atom is 0.332 e. The Labute approximate surface area is 649 Å². The van der Waals surface area contributed by atoms with Gasteiger partial charge in [-0.25, -0.2) is 33.9 Å². The number of rotatable bonds is 21. The van der Waals surface area contributed by atoms with Crippen LogP contribution in [0.15, 0.2) is 183 Å². The third kappa shape index (κ3) is 17.4. The van der Waals surface area contributed by atoms with Crippen molar-refractivity contribution in [3.05, 3.63) is 247 Å². The van der Waals surface area contributed by atoms with E-state index in [2.05, 4.69) is 29.5 Å². The molecule has 0 aliphatic carbocycles. The van der Waals surface area contributed by atoms with Crippen LogP contribution in [0.5, 0.6) is 17.2 Å². The summed E-state index contributed by atoms with van der Waals surface area (Å²) in [4.78, 5) is 96.3. The first-order valence-corrected chi connectivity index (χ1v) is 35.4. The second-order valence-electron chi connectivity index (χ2n) is 25.4. The van der Waals surface area contributed by atoms with Crippen LogP contribution in [0.4, 0.5) is 43.7 Å². The highest BCUT2D eigenvalue weighted by Gasteiger charge is 2.53. The van der Waals surface area contributed by atoms with E-state index in [1.54, 1.807) is 95.2 Å². The van der Waals surface area contributed by atoms with Gasteiger partial charge in [0.2, 0.25) is 17.1 Å². The zero-order valence-electron chi connectivity index (χ0n) is 58.0. The van der Waals surface area contributed by atoms with E-state index >= 15 is 0 Å². The Hall–Kier alpha value is -10.4. The molecule has 12 rings (SSSR count). The zero-order valence-corrected chi connectivity index (χ0v) is 63.3. The van der Waals surface area contributed by atoms with Gasteiger partial charge in [0.05, 0.1) is 71.7 Å². The van der Waals surface area contributed by atoms with Crippen LogP contribution < -0.4 is 28.9 Å². The van der Waals surface area contributed by atoms with Crippen molar-refractivity contribution in [1.29, 1.82) is 0 Å². The van der Waals surface area contributed by atoms with Gasteiger partial charge in [-0.05, 0) is 216 Å². The summed E-state index contributed by atoms with van der Waals surface area (Å²) >= 11 is 43.4. The molecular weight excluding hydrogens is 1490 g/mol. The molecule has 21 nitrogen and oxygen atoms in total. The molecule has 106 heavy (non-hydrogen) atoms. The van der Waals surface area contributed by atoms with Gasteiger partial charge >= 0.3 is 12.1 Å². The lowest BCUT2D eigenvalue weighted by Gasteiger charge is -2.29. The molecule has 0 saturated carbocycles. The molecule has 3 saturated heterocycles. The molecule has 3 aliphatic rings. The molecular formula is C78H68Cl6N12O9S. The summed E-state index contributed by atoms with van der Waals surface area (Å²) in [5.74, 6) is 0.826. The second-order valence-corrected chi connectivity index (χ2v) is 28.2. The first-order chi connectivity index (χ1) is 50.2. The van der Waals surface area contributed by atoms with Gasteiger partial charge in [-0.1, -0.05) is 106 Å². The summed E-state index contributed by atoms with van der Waals surface area (Å²) in [7, 11) is 0. The molecule has 2 N–H and O–H groups in total. The lowest BCUT2D eigenvalue weighted by atomic mass is 10.0. The summed E-state index contributed by atoms with van der Waals surface area (Å²) in [6.45, 7) is 34.1. The summed E-state index contributed by atoms with van der Waals surface area (Å²) in [5, 5.41) is 2.55. The molecule has 7 amide bonds. The number of carbonyl (C=O) groups is 5. The fourth-order valence-electron chi connectivity index (χ4n) is 11.7. The van der Waals surface area contributed by atoms with E-state index < -0.39 is 28.7 Å². The van der Waals surface area contributed by atoms with Crippen LogP contribution in [0.1, 0.15) is 60.8 Å². The van der Waals surface area contributed by atoms with E-state index in [0.717, 1.165) is 43.2 Å². The van der Waals surface area contributed by atoms with Crippen molar-refractivity contribution in [3.8, 4) is 50.6 Å². The monoisotopic (exact) mass is 1560 g/mol. The number of imide groups is 2. The number of anilines is 3. The lowest BCUT2D eigenvalue weighted by molar-refractivity contribution is -0.124. The smallest absolute Gasteiger partial charge is 0.332 e. The van der Waals surface area contributed by atoms with E-state index in [-0.39, 0.29) is 49.6 Å². The quantitative estimate of drug-likeness (QED) is 0.0283. The van der Waals surface area contributed by atoms with E-state index in [9.17, 15) is 24.0 Å². The Bertz CT molecular complexity index is 4460. The number of pyridine rings is 3. The maximum absolute atomic E-state index is 13.2. The van der Waals surface area contributed by atoms with Crippen LogP contribution in [0.25, 0.3) is 47.9 Å². The lowest BCUT2D eigenvalue weighted by Crippen LogP contribution is -2.44. The topological polar surface area (TPSA) is 216 Å². The van der Waals surface area contributed by atoms with Gasteiger partial charge in [0.15, 0.2) is 5.11 Å². The number of benzene rings is 6. The van der Waals surface area contributed by atoms with Gasteiger partial charge in [-0.3, -0.25) is 34.2 Å². The van der Waals surface area contributed by atoms with Crippen molar-refractivity contribution in [3.63, 3.8) is 0 Å². The molecule has 0 unspecified atom stereocenters. The van der Waals surface area contributed by atoms with Gasteiger partial charge < -0.3 is 34.4 Å². The second kappa shape index (κ2) is 34.7. The number of hydrogen-bond donors (Lipinski definition) is 0. The Morgan fingerprint density at radius 2 is 0.642 bits per heavy atom. The number of aromatic nitrogens is 3. The van der Waals surface area contributed by atoms with Crippen LogP contribution in [-0.4, -0.2) is 126 Å². The van der Waals surface area contributed by atoms with Crippen LogP contribution >= 0.6 is 81.8 Å². The van der Waals surface area contributed by atoms with Crippen molar-refractivity contribution in [2.45, 2.75) is 77.4 Å². The third-order valence-electron chi connectivity index (χ3n) is 17.6. The summed E-state index contributed by atoms with van der Waals surface area (Å²) < 4.78 is 17.6. The number of nitrogens with zero attached hydrogens (tertiary/aromatic N) is 12. The number of carbonyl (C=O) groups excluding carboxylic acids is 5. The van der Waals surface area contributed by atoms with Crippen LogP contribution in [0.3, 0.4) is 0 Å². The van der Waals surface area contributed by atoms with Crippen molar-refractivity contribution >= 4 is 151 Å². The molecule has 0 radical (unpaired) electrons. The number of halogens is 6. The normalized spacial score (nSPS) is 14.7. The molecule has 28 heteroatoms. The van der Waals surface area contributed by atoms with E-state index in [4.69, 9.17) is 116 Å². The van der Waals surface area contributed by atoms with Crippen molar-refractivity contribution < 1.29 is 43.7 Å². The standard InChI is InChI=1S/2C26H22Cl2N4O3.C26H22Cl2N4O2S.H2O/c2*1-26(2)24(33)32(19-6-7-22(29-3)20(27)16-19)25(34)31(26)13-4-14-35-23-8-5-18(15-21(23)28)17-9-11-30-12-10-17;1-26(2)24(33)32(19-6-7-22(29-3)20(27)16-19)25(35)31(26)13-4-14-34-23-8-5-18(15-21(23)28)17-9-11-30-12-10-17;/h3*5-12,15-16H,4,13-14H2,1-2H3;1H2. The summed E-state index contributed by atoms with van der Waals surface area (Å²) in [5.41, 5.74) is 5.10. The number of thiocarbonyl (C=S) groups is 1. The molecule has 6 aromatic carbocycles. The largest absolute Gasteiger partial charge is 0.492 e.